The van der Waals surface area contributed by atoms with Crippen LogP contribution in [-0.4, -0.2) is 30.2 Å². The Morgan fingerprint density at radius 2 is 1.72 bits per heavy atom. The molecule has 0 spiro atoms. The number of aromatic hydroxyl groups is 1. The van der Waals surface area contributed by atoms with E-state index in [0.29, 0.717) is 5.75 Å². The summed E-state index contributed by atoms with van der Waals surface area (Å²) < 4.78 is 28.7. The summed E-state index contributed by atoms with van der Waals surface area (Å²) in [7, 11) is 1.48. The number of ether oxygens (including phenoxy) is 4. The van der Waals surface area contributed by atoms with Gasteiger partial charge in [-0.25, -0.2) is 0 Å². The van der Waals surface area contributed by atoms with E-state index in [2.05, 4.69) is 13.2 Å². The molecule has 0 saturated heterocycles. The molecule has 0 amide bonds. The largest absolute Gasteiger partial charge is 0.507 e. The average molecular weight is 440 g/mol. The number of benzene rings is 2. The molecule has 0 aliphatic carbocycles. The fraction of sp³-hybridized carbons (Fsp3) is 0.320. The second-order valence-corrected chi connectivity index (χ2v) is 8.39. The van der Waals surface area contributed by atoms with E-state index in [9.17, 15) is 9.90 Å². The maximum atomic E-state index is 13.3. The number of fused-ring (bicyclic) bond motifs is 2. The normalized spacial score (nSPS) is 12.0. The number of hydrogen-bond acceptors (Lipinski definition) is 7. The van der Waals surface area contributed by atoms with E-state index in [0.717, 1.165) is 0 Å². The van der Waals surface area contributed by atoms with Crippen LogP contribution >= 0.6 is 0 Å². The van der Waals surface area contributed by atoms with Gasteiger partial charge in [0.1, 0.15) is 33.7 Å². The summed E-state index contributed by atoms with van der Waals surface area (Å²) in [5.74, 6) is 0.638. The van der Waals surface area contributed by atoms with E-state index in [1.54, 1.807) is 24.3 Å². The lowest BCUT2D eigenvalue weighted by Gasteiger charge is -2.28. The van der Waals surface area contributed by atoms with Gasteiger partial charge < -0.3 is 28.5 Å². The molecule has 0 fully saturated rings. The van der Waals surface area contributed by atoms with Gasteiger partial charge in [0.15, 0.2) is 18.1 Å². The second kappa shape index (κ2) is 8.59. The van der Waals surface area contributed by atoms with Crippen LogP contribution in [0.4, 0.5) is 0 Å². The van der Waals surface area contributed by atoms with Crippen LogP contribution in [0.15, 0.2) is 58.8 Å². The number of methoxy groups -OCH3 is 1. The van der Waals surface area contributed by atoms with Crippen molar-refractivity contribution in [2.45, 2.75) is 38.9 Å². The Kier molecular flexibility index (Phi) is 6.23. The number of phenols is 1. The van der Waals surface area contributed by atoms with Gasteiger partial charge in [-0.3, -0.25) is 4.79 Å². The van der Waals surface area contributed by atoms with Crippen LogP contribution in [0.3, 0.4) is 0 Å². The van der Waals surface area contributed by atoms with E-state index in [4.69, 9.17) is 23.4 Å². The Balaban J connectivity index is 2.35. The number of hydrogen-bond donors (Lipinski definition) is 1. The highest BCUT2D eigenvalue weighted by Gasteiger charge is 2.27. The average Bonchev–Trinajstić information content (AvgIpc) is 2.73. The molecule has 1 N–H and O–H groups in total. The van der Waals surface area contributed by atoms with Gasteiger partial charge in [0.05, 0.1) is 5.39 Å². The molecule has 3 aromatic rings. The van der Waals surface area contributed by atoms with Crippen LogP contribution in [0.1, 0.15) is 27.7 Å². The van der Waals surface area contributed by atoms with Gasteiger partial charge in [0, 0.05) is 19.2 Å². The van der Waals surface area contributed by atoms with Crippen LogP contribution in [0.5, 0.6) is 23.0 Å². The predicted molar refractivity (Wildman–Crippen MR) is 124 cm³/mol. The van der Waals surface area contributed by atoms with Gasteiger partial charge in [-0.15, -0.1) is 0 Å². The molecule has 0 aliphatic rings. The first kappa shape index (κ1) is 23.2. The standard InChI is InChI=1S/C25H28O7/c1-8-24(3,4)31-18-11-10-16-21(27)20-17(26)12-15(29-14-28-7)13-19(20)30-22(16)23(18)32-25(5,6)9-2/h8-13,26H,1-2,14H2,3-7H3. The van der Waals surface area contributed by atoms with Gasteiger partial charge in [0.25, 0.3) is 0 Å². The van der Waals surface area contributed by atoms with Crippen molar-refractivity contribution in [3.8, 4) is 23.0 Å². The fourth-order valence-electron chi connectivity index (χ4n) is 2.97. The number of phenolic OH excluding ortho intramolecular Hbond substituents is 1. The van der Waals surface area contributed by atoms with Crippen LogP contribution in [-0.2, 0) is 4.74 Å². The van der Waals surface area contributed by atoms with Gasteiger partial charge in [-0.05, 0) is 52.0 Å². The second-order valence-electron chi connectivity index (χ2n) is 8.39. The van der Waals surface area contributed by atoms with E-state index >= 15 is 0 Å². The summed E-state index contributed by atoms with van der Waals surface area (Å²) in [6.45, 7) is 14.9. The Bertz CT molecular complexity index is 1230. The Hall–Kier alpha value is -3.45. The molecule has 170 valence electrons. The molecule has 2 aromatic carbocycles. The van der Waals surface area contributed by atoms with E-state index in [1.807, 2.05) is 27.7 Å². The van der Waals surface area contributed by atoms with Crippen molar-refractivity contribution in [2.24, 2.45) is 0 Å². The van der Waals surface area contributed by atoms with Gasteiger partial charge in [-0.2, -0.15) is 0 Å². The fourth-order valence-corrected chi connectivity index (χ4v) is 2.97. The molecule has 1 aromatic heterocycles. The maximum Gasteiger partial charge on any atom is 0.205 e. The van der Waals surface area contributed by atoms with Crippen molar-refractivity contribution in [3.05, 3.63) is 59.8 Å². The Morgan fingerprint density at radius 1 is 1.06 bits per heavy atom. The van der Waals surface area contributed by atoms with Gasteiger partial charge >= 0.3 is 0 Å². The van der Waals surface area contributed by atoms with Crippen molar-refractivity contribution in [1.29, 1.82) is 0 Å². The van der Waals surface area contributed by atoms with E-state index in [1.165, 1.54) is 19.2 Å². The van der Waals surface area contributed by atoms with Gasteiger partial charge in [-0.1, -0.05) is 13.2 Å². The molecule has 0 saturated carbocycles. The molecule has 0 aliphatic heterocycles. The zero-order valence-corrected chi connectivity index (χ0v) is 19.0. The topological polar surface area (TPSA) is 87.4 Å². The van der Waals surface area contributed by atoms with Crippen LogP contribution in [0.2, 0.25) is 0 Å². The summed E-state index contributed by atoms with van der Waals surface area (Å²) in [4.78, 5) is 13.3. The molecular weight excluding hydrogens is 412 g/mol. The molecule has 7 nitrogen and oxygen atoms in total. The van der Waals surface area contributed by atoms with Crippen LogP contribution in [0, 0.1) is 0 Å². The maximum absolute atomic E-state index is 13.3. The molecule has 7 heteroatoms. The van der Waals surface area contributed by atoms with E-state index < -0.39 is 16.6 Å². The third-order valence-electron chi connectivity index (χ3n) is 4.88. The zero-order valence-electron chi connectivity index (χ0n) is 19.0. The third-order valence-corrected chi connectivity index (χ3v) is 4.88. The van der Waals surface area contributed by atoms with E-state index in [-0.39, 0.29) is 46.0 Å². The predicted octanol–water partition coefficient (Wildman–Crippen LogP) is 5.32. The molecule has 0 atom stereocenters. The molecular formula is C25H28O7. The lowest BCUT2D eigenvalue weighted by Crippen LogP contribution is -2.28. The highest BCUT2D eigenvalue weighted by atomic mass is 16.7. The lowest BCUT2D eigenvalue weighted by molar-refractivity contribution is 0.0510. The first-order chi connectivity index (χ1) is 15.0. The first-order valence-corrected chi connectivity index (χ1v) is 10.1. The molecule has 32 heavy (non-hydrogen) atoms. The van der Waals surface area contributed by atoms with Crippen LogP contribution in [0.25, 0.3) is 21.9 Å². The molecule has 0 bridgehead atoms. The molecule has 3 rings (SSSR count). The Morgan fingerprint density at radius 3 is 2.34 bits per heavy atom. The summed E-state index contributed by atoms with van der Waals surface area (Å²) in [5, 5.41) is 10.7. The summed E-state index contributed by atoms with van der Waals surface area (Å²) in [6, 6.07) is 6.07. The summed E-state index contributed by atoms with van der Waals surface area (Å²) in [6.07, 6.45) is 3.30. The summed E-state index contributed by atoms with van der Waals surface area (Å²) in [5.41, 5.74) is -1.59. The van der Waals surface area contributed by atoms with Crippen LogP contribution < -0.4 is 19.6 Å². The number of rotatable bonds is 9. The highest BCUT2D eigenvalue weighted by molar-refractivity contribution is 5.96. The molecule has 0 radical (unpaired) electrons. The minimum Gasteiger partial charge on any atom is -0.507 e. The van der Waals surface area contributed by atoms with Crippen molar-refractivity contribution < 1.29 is 28.5 Å². The van der Waals surface area contributed by atoms with Crippen molar-refractivity contribution in [3.63, 3.8) is 0 Å². The highest BCUT2D eigenvalue weighted by Crippen LogP contribution is 2.41. The summed E-state index contributed by atoms with van der Waals surface area (Å²) >= 11 is 0. The van der Waals surface area contributed by atoms with Crippen molar-refractivity contribution in [1.82, 2.24) is 0 Å². The molecule has 1 heterocycles. The Labute approximate surface area is 186 Å². The zero-order chi connectivity index (χ0) is 23.7. The SMILES string of the molecule is C=CC(C)(C)Oc1ccc2c(=O)c3c(O)cc(OCOC)cc3oc2c1OC(C)(C)C=C. The van der Waals surface area contributed by atoms with Crippen molar-refractivity contribution in [2.75, 3.05) is 13.9 Å². The first-order valence-electron chi connectivity index (χ1n) is 10.1. The monoisotopic (exact) mass is 440 g/mol. The quantitative estimate of drug-likeness (QED) is 0.274. The minimum atomic E-state index is -0.788. The van der Waals surface area contributed by atoms with Crippen molar-refractivity contribution >= 4 is 21.9 Å². The lowest BCUT2D eigenvalue weighted by atomic mass is 10.1. The van der Waals surface area contributed by atoms with Gasteiger partial charge in [0.2, 0.25) is 11.2 Å². The molecule has 0 unspecified atom stereocenters. The minimum absolute atomic E-state index is 0.0285. The third kappa shape index (κ3) is 4.57. The smallest absolute Gasteiger partial charge is 0.205 e.